The van der Waals surface area contributed by atoms with Crippen LogP contribution in [0.2, 0.25) is 0 Å². The molecule has 1 saturated carbocycles. The fourth-order valence-electron chi connectivity index (χ4n) is 2.97. The van der Waals surface area contributed by atoms with Gasteiger partial charge in [-0.25, -0.2) is 0 Å². The summed E-state index contributed by atoms with van der Waals surface area (Å²) in [6.45, 7) is 29.4. The molecule has 0 aromatic carbocycles. The van der Waals surface area contributed by atoms with Crippen LogP contribution in [-0.2, 0) is 43.8 Å². The van der Waals surface area contributed by atoms with Crippen molar-refractivity contribution in [2.24, 2.45) is 17.8 Å². The Morgan fingerprint density at radius 2 is 1.60 bits per heavy atom. The molecule has 0 bridgehead atoms. The van der Waals surface area contributed by atoms with Gasteiger partial charge in [0.05, 0.1) is 0 Å². The molecule has 1 aliphatic rings. The van der Waals surface area contributed by atoms with E-state index in [1.807, 2.05) is 24.3 Å². The Kier molecular flexibility index (Phi) is 32.1. The fraction of sp³-hybridized carbons (Fsp3) is 0.455. The molecular weight excluding hydrogens is 428 g/mol. The molecule has 1 heterocycles. The van der Waals surface area contributed by atoms with E-state index in [-0.39, 0.29) is 0 Å². The first-order chi connectivity index (χ1) is 14.6. The summed E-state index contributed by atoms with van der Waals surface area (Å²) in [5.41, 5.74) is 0. The van der Waals surface area contributed by atoms with E-state index in [0.29, 0.717) is 17.9 Å². The second-order valence-electron chi connectivity index (χ2n) is 6.15. The molecule has 3 atom stereocenters. The van der Waals surface area contributed by atoms with Gasteiger partial charge in [0.25, 0.3) is 0 Å². The molecule has 0 unspecified atom stereocenters. The van der Waals surface area contributed by atoms with Crippen LogP contribution in [-0.4, -0.2) is 10.7 Å². The van der Waals surface area contributed by atoms with E-state index in [1.54, 1.807) is 6.26 Å². The Morgan fingerprint density at radius 1 is 1.07 bits per heavy atom. The molecule has 0 spiro atoms. The molecule has 0 N–H and O–H groups in total. The maximum atomic E-state index is 7.50. The number of hydrogen-bond donors (Lipinski definition) is 0. The van der Waals surface area contributed by atoms with Crippen molar-refractivity contribution in [3.8, 4) is 0 Å². The third-order valence-corrected chi connectivity index (χ3v) is 4.52. The summed E-state index contributed by atoms with van der Waals surface area (Å²) in [5.74, 6) is 2.94. The Hall–Kier alpha value is -1.92. The van der Waals surface area contributed by atoms with E-state index in [4.69, 9.17) is 32.4 Å². The number of rotatable bonds is 5. The topological polar surface area (TPSA) is 122 Å². The Labute approximate surface area is 186 Å². The van der Waals surface area contributed by atoms with Crippen LogP contribution in [0.3, 0.4) is 0 Å². The van der Waals surface area contributed by atoms with E-state index in [0.717, 1.165) is 22.7 Å². The van der Waals surface area contributed by atoms with Crippen molar-refractivity contribution in [2.75, 3.05) is 0 Å². The molecule has 30 heavy (non-hydrogen) atoms. The number of hydrogen-bond acceptors (Lipinski definition) is 2. The molecule has 0 radical (unpaired) electrons. The standard InChI is InChI=1S/C17H24O2.5CO.Cr/c1-13(2)16-9-8-14(3)12-17(16)19-11-5-7-15-6-4-10-18-15;5*1-2;/h4-7,10,13-14,16-17H,8-9,12H2,1-3H3;;;;;;/b7-5+;;;;;;/t14-,16+,17-;;;;;;/m0....../s1. The SMILES string of the molecule is CC(C)[C@H]1CC[C@H](C)C[C@@H]1O[C](=[Cr])/C=C/c1ccco1.[C-]#[O+].[C-]#[O+].[C-]#[O+].[C-]#[O+].[C-]#[O+]. The van der Waals surface area contributed by atoms with Gasteiger partial charge in [-0.1, -0.05) is 0 Å². The minimum atomic E-state index is 0.330. The van der Waals surface area contributed by atoms with Crippen LogP contribution in [0.5, 0.6) is 0 Å². The van der Waals surface area contributed by atoms with Gasteiger partial charge in [-0.2, -0.15) is 0 Å². The molecule has 0 saturated heterocycles. The average molecular weight is 452 g/mol. The predicted molar refractivity (Wildman–Crippen MR) is 98.6 cm³/mol. The zero-order chi connectivity index (χ0) is 24.5. The summed E-state index contributed by atoms with van der Waals surface area (Å²) in [7, 11) is 0. The monoisotopic (exact) mass is 452 g/mol. The van der Waals surface area contributed by atoms with Gasteiger partial charge >= 0.3 is 186 Å². The summed E-state index contributed by atoms with van der Waals surface area (Å²) < 4.78 is 49.8. The Balaban J connectivity index is -0.000000296. The quantitative estimate of drug-likeness (QED) is 0.490. The van der Waals surface area contributed by atoms with Crippen LogP contribution in [0.1, 0.15) is 45.8 Å². The van der Waals surface area contributed by atoms with Crippen molar-refractivity contribution < 1.29 is 48.3 Å². The fourth-order valence-corrected chi connectivity index (χ4v) is 3.27. The molecule has 7 nitrogen and oxygen atoms in total. The van der Waals surface area contributed by atoms with E-state index in [1.165, 1.54) is 12.8 Å². The van der Waals surface area contributed by atoms with Crippen LogP contribution >= 0.6 is 0 Å². The van der Waals surface area contributed by atoms with Gasteiger partial charge in [-0.15, -0.1) is 0 Å². The van der Waals surface area contributed by atoms with Crippen molar-refractivity contribution in [1.29, 1.82) is 0 Å². The molecule has 1 aromatic rings. The molecular formula is C22H24CrO7. The Bertz CT molecular complexity index is 616. The van der Waals surface area contributed by atoms with E-state index < -0.39 is 0 Å². The average Bonchev–Trinajstić information content (AvgIpc) is 3.33. The van der Waals surface area contributed by atoms with Crippen LogP contribution < -0.4 is 0 Å². The van der Waals surface area contributed by atoms with Crippen molar-refractivity contribution in [1.82, 2.24) is 0 Å². The summed E-state index contributed by atoms with van der Waals surface area (Å²) in [6.07, 6.45) is 9.65. The van der Waals surface area contributed by atoms with Gasteiger partial charge in [0.15, 0.2) is 0 Å². The number of ether oxygens (including phenoxy) is 1. The first kappa shape index (κ1) is 35.5. The van der Waals surface area contributed by atoms with E-state index in [2.05, 4.69) is 69.9 Å². The van der Waals surface area contributed by atoms with Crippen molar-refractivity contribution in [3.05, 3.63) is 63.5 Å². The van der Waals surface area contributed by atoms with Crippen LogP contribution in [0, 0.1) is 51.0 Å². The summed E-state index contributed by atoms with van der Waals surface area (Å²) >= 11 is 3.03. The molecule has 0 aliphatic heterocycles. The molecule has 1 fully saturated rings. The predicted octanol–water partition coefficient (Wildman–Crippen LogP) is 4.26. The van der Waals surface area contributed by atoms with Gasteiger partial charge in [-0.05, 0) is 0 Å². The van der Waals surface area contributed by atoms with Crippen LogP contribution in [0.25, 0.3) is 6.08 Å². The van der Waals surface area contributed by atoms with Gasteiger partial charge < -0.3 is 0 Å². The van der Waals surface area contributed by atoms with E-state index >= 15 is 0 Å². The summed E-state index contributed by atoms with van der Waals surface area (Å²) in [6, 6.07) is 3.82. The first-order valence-corrected chi connectivity index (χ1v) is 9.14. The molecule has 1 aromatic heterocycles. The van der Waals surface area contributed by atoms with Crippen molar-refractivity contribution in [2.45, 2.75) is 46.1 Å². The molecule has 0 amide bonds. The second-order valence-corrected chi connectivity index (χ2v) is 6.78. The van der Waals surface area contributed by atoms with Gasteiger partial charge in [0, 0.05) is 0 Å². The van der Waals surface area contributed by atoms with Gasteiger partial charge in [0.1, 0.15) is 0 Å². The molecule has 2 rings (SSSR count). The number of furan rings is 1. The minimum absolute atomic E-state index is 0.330. The van der Waals surface area contributed by atoms with Crippen LogP contribution in [0.15, 0.2) is 28.9 Å². The first-order valence-electron chi connectivity index (χ1n) is 8.50. The second kappa shape index (κ2) is 27.1. The maximum absolute atomic E-state index is 7.50. The molecule has 1 aliphatic carbocycles. The zero-order valence-electron chi connectivity index (χ0n) is 17.1. The van der Waals surface area contributed by atoms with E-state index in [9.17, 15) is 0 Å². The molecule has 8 heteroatoms. The summed E-state index contributed by atoms with van der Waals surface area (Å²) in [4.78, 5) is 0. The summed E-state index contributed by atoms with van der Waals surface area (Å²) in [5, 5.41) is 0. The van der Waals surface area contributed by atoms with Gasteiger partial charge in [-0.3, -0.25) is 0 Å². The van der Waals surface area contributed by atoms with Crippen molar-refractivity contribution in [3.63, 3.8) is 0 Å². The zero-order valence-corrected chi connectivity index (χ0v) is 18.4. The Morgan fingerprint density at radius 3 is 2.03 bits per heavy atom. The van der Waals surface area contributed by atoms with Crippen molar-refractivity contribution >= 4 is 10.6 Å². The molecule has 160 valence electrons. The third kappa shape index (κ3) is 17.0. The van der Waals surface area contributed by atoms with Gasteiger partial charge in [0.2, 0.25) is 0 Å². The third-order valence-electron chi connectivity index (χ3n) is 4.16. The van der Waals surface area contributed by atoms with Crippen LogP contribution in [0.4, 0.5) is 0 Å². The normalized spacial score (nSPS) is 18.5.